The van der Waals surface area contributed by atoms with E-state index in [1.807, 2.05) is 42.5 Å². The zero-order valence-electron chi connectivity index (χ0n) is 11.8. The lowest BCUT2D eigenvalue weighted by molar-refractivity contribution is 0.199. The van der Waals surface area contributed by atoms with Crippen molar-refractivity contribution in [1.82, 2.24) is 9.97 Å². The highest BCUT2D eigenvalue weighted by Crippen LogP contribution is 2.29. The molecular weight excluding hydrogens is 284 g/mol. The molecule has 2 N–H and O–H groups in total. The number of ether oxygens (including phenoxy) is 1. The van der Waals surface area contributed by atoms with E-state index in [2.05, 4.69) is 9.97 Å². The first-order valence-corrected chi connectivity index (χ1v) is 7.47. The van der Waals surface area contributed by atoms with Gasteiger partial charge in [0.1, 0.15) is 5.75 Å². The highest BCUT2D eigenvalue weighted by atomic mass is 32.2. The molecule has 3 rings (SSSR count). The zero-order chi connectivity index (χ0) is 14.8. The average Bonchev–Trinajstić information content (AvgIpc) is 2.88. The first-order valence-electron chi connectivity index (χ1n) is 6.65. The number of rotatable bonds is 4. The van der Waals surface area contributed by atoms with Gasteiger partial charge in [-0.25, -0.2) is 4.98 Å². The summed E-state index contributed by atoms with van der Waals surface area (Å²) < 4.78 is 5.21. The fourth-order valence-corrected chi connectivity index (χ4v) is 2.87. The van der Waals surface area contributed by atoms with E-state index in [0.29, 0.717) is 0 Å². The molecule has 0 fully saturated rings. The first-order chi connectivity index (χ1) is 10.2. The molecule has 1 unspecified atom stereocenters. The van der Waals surface area contributed by atoms with Crippen molar-refractivity contribution < 1.29 is 9.84 Å². The maximum Gasteiger partial charge on any atom is 0.171 e. The Morgan fingerprint density at radius 1 is 1.19 bits per heavy atom. The summed E-state index contributed by atoms with van der Waals surface area (Å²) in [5.74, 6) is 0.809. The second-order valence-electron chi connectivity index (χ2n) is 4.77. The lowest BCUT2D eigenvalue weighted by Crippen LogP contribution is -1.89. The van der Waals surface area contributed by atoms with Gasteiger partial charge in [-0.05, 0) is 36.8 Å². The Hall–Kier alpha value is -1.98. The van der Waals surface area contributed by atoms with Crippen LogP contribution in [0.4, 0.5) is 0 Å². The van der Waals surface area contributed by atoms with Crippen LogP contribution in [0.1, 0.15) is 18.6 Å². The SMILES string of the molecule is COc1ccc2nc(Sc3ccc(C(C)O)cc3)[nH]c2c1. The summed E-state index contributed by atoms with van der Waals surface area (Å²) in [7, 11) is 1.65. The van der Waals surface area contributed by atoms with Gasteiger partial charge in [0.25, 0.3) is 0 Å². The molecular formula is C16H16N2O2S. The number of hydrogen-bond donors (Lipinski definition) is 2. The second kappa shape index (κ2) is 5.79. The summed E-state index contributed by atoms with van der Waals surface area (Å²) in [6.45, 7) is 1.76. The Labute approximate surface area is 127 Å². The van der Waals surface area contributed by atoms with Crippen molar-refractivity contribution in [1.29, 1.82) is 0 Å². The molecule has 2 aromatic carbocycles. The Kier molecular flexibility index (Phi) is 3.86. The molecule has 0 amide bonds. The predicted molar refractivity (Wildman–Crippen MR) is 83.8 cm³/mol. The van der Waals surface area contributed by atoms with Gasteiger partial charge in [-0.2, -0.15) is 0 Å². The van der Waals surface area contributed by atoms with E-state index in [-0.39, 0.29) is 0 Å². The predicted octanol–water partition coefficient (Wildman–Crippen LogP) is 3.78. The van der Waals surface area contributed by atoms with Gasteiger partial charge in [0.15, 0.2) is 5.16 Å². The van der Waals surface area contributed by atoms with E-state index in [0.717, 1.165) is 32.4 Å². The van der Waals surface area contributed by atoms with Crippen LogP contribution < -0.4 is 4.74 Å². The van der Waals surface area contributed by atoms with Crippen molar-refractivity contribution in [2.75, 3.05) is 7.11 Å². The van der Waals surface area contributed by atoms with Crippen LogP contribution in [0.5, 0.6) is 5.75 Å². The molecule has 0 saturated carbocycles. The first kappa shape index (κ1) is 14.0. The summed E-state index contributed by atoms with van der Waals surface area (Å²) >= 11 is 1.56. The molecule has 0 aliphatic heterocycles. The van der Waals surface area contributed by atoms with E-state index in [1.54, 1.807) is 25.8 Å². The number of aromatic nitrogens is 2. The monoisotopic (exact) mass is 300 g/mol. The largest absolute Gasteiger partial charge is 0.497 e. The van der Waals surface area contributed by atoms with Gasteiger partial charge in [-0.15, -0.1) is 0 Å². The molecule has 0 spiro atoms. The molecule has 1 heterocycles. The van der Waals surface area contributed by atoms with Crippen molar-refractivity contribution >= 4 is 22.8 Å². The van der Waals surface area contributed by atoms with Crippen molar-refractivity contribution in [3.63, 3.8) is 0 Å². The molecule has 0 aliphatic carbocycles. The van der Waals surface area contributed by atoms with E-state index in [1.165, 1.54) is 0 Å². The summed E-state index contributed by atoms with van der Waals surface area (Å²) in [6.07, 6.45) is -0.442. The second-order valence-corrected chi connectivity index (χ2v) is 5.83. The van der Waals surface area contributed by atoms with Crippen LogP contribution in [-0.4, -0.2) is 22.2 Å². The number of nitrogens with one attached hydrogen (secondary N) is 1. The van der Waals surface area contributed by atoms with Gasteiger partial charge >= 0.3 is 0 Å². The van der Waals surface area contributed by atoms with Crippen LogP contribution in [0.2, 0.25) is 0 Å². The number of aliphatic hydroxyl groups excluding tert-OH is 1. The number of nitrogens with zero attached hydrogens (tertiary/aromatic N) is 1. The van der Waals surface area contributed by atoms with Gasteiger partial charge in [-0.3, -0.25) is 0 Å². The highest BCUT2D eigenvalue weighted by Gasteiger charge is 2.07. The van der Waals surface area contributed by atoms with Crippen LogP contribution in [0.25, 0.3) is 11.0 Å². The molecule has 1 aromatic heterocycles. The van der Waals surface area contributed by atoms with Crippen LogP contribution in [0.3, 0.4) is 0 Å². The zero-order valence-corrected chi connectivity index (χ0v) is 12.6. The minimum Gasteiger partial charge on any atom is -0.497 e. The minimum absolute atomic E-state index is 0.442. The quantitative estimate of drug-likeness (QED) is 0.770. The fraction of sp³-hybridized carbons (Fsp3) is 0.188. The lowest BCUT2D eigenvalue weighted by atomic mass is 10.1. The third-order valence-electron chi connectivity index (χ3n) is 3.24. The van der Waals surface area contributed by atoms with Crippen molar-refractivity contribution in [2.24, 2.45) is 0 Å². The van der Waals surface area contributed by atoms with E-state index < -0.39 is 6.10 Å². The topological polar surface area (TPSA) is 58.1 Å². The molecule has 0 saturated heterocycles. The maximum absolute atomic E-state index is 9.51. The van der Waals surface area contributed by atoms with E-state index >= 15 is 0 Å². The molecule has 5 heteroatoms. The Morgan fingerprint density at radius 3 is 2.62 bits per heavy atom. The van der Waals surface area contributed by atoms with Crippen LogP contribution in [0, 0.1) is 0 Å². The third kappa shape index (κ3) is 3.04. The fourth-order valence-electron chi connectivity index (χ4n) is 2.07. The number of benzene rings is 2. The number of imidazole rings is 1. The summed E-state index contributed by atoms with van der Waals surface area (Å²) in [5, 5.41) is 10.3. The van der Waals surface area contributed by atoms with Gasteiger partial charge in [0.2, 0.25) is 0 Å². The van der Waals surface area contributed by atoms with Crippen molar-refractivity contribution in [3.8, 4) is 5.75 Å². The minimum atomic E-state index is -0.442. The maximum atomic E-state index is 9.51. The summed E-state index contributed by atoms with van der Waals surface area (Å²) in [5.41, 5.74) is 2.78. The Balaban J connectivity index is 1.84. The third-order valence-corrected chi connectivity index (χ3v) is 4.14. The number of hydrogen-bond acceptors (Lipinski definition) is 4. The molecule has 1 atom stereocenters. The summed E-state index contributed by atoms with van der Waals surface area (Å²) in [4.78, 5) is 8.90. The number of aromatic amines is 1. The number of methoxy groups -OCH3 is 1. The molecule has 0 aliphatic rings. The van der Waals surface area contributed by atoms with Crippen LogP contribution >= 0.6 is 11.8 Å². The molecule has 3 aromatic rings. The Bertz CT molecular complexity index is 751. The Morgan fingerprint density at radius 2 is 1.95 bits per heavy atom. The number of fused-ring (bicyclic) bond motifs is 1. The van der Waals surface area contributed by atoms with Gasteiger partial charge in [-0.1, -0.05) is 23.9 Å². The normalized spacial score (nSPS) is 12.5. The molecule has 108 valence electrons. The van der Waals surface area contributed by atoms with E-state index in [9.17, 15) is 5.11 Å². The standard InChI is InChI=1S/C16H16N2O2S/c1-10(19)11-3-6-13(7-4-11)21-16-17-14-8-5-12(20-2)9-15(14)18-16/h3-10,19H,1-2H3,(H,17,18). The average molecular weight is 300 g/mol. The van der Waals surface area contributed by atoms with Crippen LogP contribution in [0.15, 0.2) is 52.5 Å². The van der Waals surface area contributed by atoms with Gasteiger partial charge in [0.05, 0.1) is 24.2 Å². The highest BCUT2D eigenvalue weighted by molar-refractivity contribution is 7.99. The van der Waals surface area contributed by atoms with Crippen molar-refractivity contribution in [2.45, 2.75) is 23.1 Å². The number of aliphatic hydroxyl groups is 1. The smallest absolute Gasteiger partial charge is 0.171 e. The van der Waals surface area contributed by atoms with E-state index in [4.69, 9.17) is 4.74 Å². The van der Waals surface area contributed by atoms with Gasteiger partial charge in [0, 0.05) is 11.0 Å². The van der Waals surface area contributed by atoms with Crippen molar-refractivity contribution in [3.05, 3.63) is 48.0 Å². The van der Waals surface area contributed by atoms with Gasteiger partial charge < -0.3 is 14.8 Å². The molecule has 4 nitrogen and oxygen atoms in total. The lowest BCUT2D eigenvalue weighted by Gasteiger charge is -2.04. The molecule has 0 radical (unpaired) electrons. The van der Waals surface area contributed by atoms with Crippen LogP contribution in [-0.2, 0) is 0 Å². The molecule has 0 bridgehead atoms. The molecule has 21 heavy (non-hydrogen) atoms. The summed E-state index contributed by atoms with van der Waals surface area (Å²) in [6, 6.07) is 13.6. The number of H-pyrrole nitrogens is 1.